The van der Waals surface area contributed by atoms with Crippen molar-refractivity contribution >= 4 is 24.8 Å². The summed E-state index contributed by atoms with van der Waals surface area (Å²) in [6, 6.07) is 6.12. The first-order valence-corrected chi connectivity index (χ1v) is 6.10. The van der Waals surface area contributed by atoms with Crippen molar-refractivity contribution in [3.8, 4) is 11.5 Å². The molecule has 3 nitrogen and oxygen atoms in total. The number of ether oxygens (including phenoxy) is 2. The molecular formula is C14H25Cl2NO2. The average Bonchev–Trinajstić information content (AvgIpc) is 2.36. The molecular weight excluding hydrogens is 285 g/mol. The van der Waals surface area contributed by atoms with E-state index in [9.17, 15) is 0 Å². The van der Waals surface area contributed by atoms with E-state index in [1.54, 1.807) is 14.2 Å². The number of benzene rings is 1. The lowest BCUT2D eigenvalue weighted by atomic mass is 10.1. The first-order chi connectivity index (χ1) is 8.21. The van der Waals surface area contributed by atoms with Crippen LogP contribution in [-0.4, -0.2) is 39.3 Å². The Morgan fingerprint density at radius 2 is 1.63 bits per heavy atom. The predicted molar refractivity (Wildman–Crippen MR) is 85.5 cm³/mol. The Kier molecular flexibility index (Phi) is 12.2. The number of likely N-dealkylation sites (N-methyl/N-ethyl adjacent to an activating group) is 1. The fraction of sp³-hybridized carbons (Fsp3) is 0.571. The number of methoxy groups -OCH3 is 2. The molecule has 0 aliphatic heterocycles. The SMILES string of the molecule is CCCN(C)CCc1ccc(OC)c(OC)c1.Cl.Cl. The maximum absolute atomic E-state index is 5.29. The molecule has 0 atom stereocenters. The van der Waals surface area contributed by atoms with Crippen molar-refractivity contribution < 1.29 is 9.47 Å². The molecule has 0 aliphatic carbocycles. The minimum Gasteiger partial charge on any atom is -0.493 e. The standard InChI is InChI=1S/C14H23NO2.2ClH/c1-5-9-15(2)10-8-12-6-7-13(16-3)14(11-12)17-4;;/h6-7,11H,5,8-10H2,1-4H3;2*1H. The van der Waals surface area contributed by atoms with Crippen LogP contribution in [0.5, 0.6) is 11.5 Å². The fourth-order valence-electron chi connectivity index (χ4n) is 1.85. The zero-order valence-electron chi connectivity index (χ0n) is 12.1. The van der Waals surface area contributed by atoms with Crippen LogP contribution in [0.25, 0.3) is 0 Å². The van der Waals surface area contributed by atoms with Crippen molar-refractivity contribution in [1.82, 2.24) is 4.90 Å². The van der Waals surface area contributed by atoms with Crippen LogP contribution in [0.3, 0.4) is 0 Å². The van der Waals surface area contributed by atoms with Gasteiger partial charge < -0.3 is 14.4 Å². The number of hydrogen-bond acceptors (Lipinski definition) is 3. The van der Waals surface area contributed by atoms with E-state index < -0.39 is 0 Å². The van der Waals surface area contributed by atoms with Gasteiger partial charge in [0, 0.05) is 6.54 Å². The first kappa shape index (κ1) is 20.7. The molecule has 0 bridgehead atoms. The second-order valence-electron chi connectivity index (χ2n) is 4.24. The van der Waals surface area contributed by atoms with E-state index in [0.717, 1.165) is 31.0 Å². The van der Waals surface area contributed by atoms with E-state index in [4.69, 9.17) is 9.47 Å². The van der Waals surface area contributed by atoms with Crippen molar-refractivity contribution in [1.29, 1.82) is 0 Å². The van der Waals surface area contributed by atoms with Crippen LogP contribution in [0.2, 0.25) is 0 Å². The Hall–Kier alpha value is -0.640. The van der Waals surface area contributed by atoms with Crippen LogP contribution < -0.4 is 9.47 Å². The number of hydrogen-bond donors (Lipinski definition) is 0. The lowest BCUT2D eigenvalue weighted by Gasteiger charge is -2.16. The summed E-state index contributed by atoms with van der Waals surface area (Å²) in [5.74, 6) is 1.60. The summed E-state index contributed by atoms with van der Waals surface area (Å²) < 4.78 is 10.5. The molecule has 0 fully saturated rings. The quantitative estimate of drug-likeness (QED) is 0.770. The highest BCUT2D eigenvalue weighted by molar-refractivity contribution is 5.85. The van der Waals surface area contributed by atoms with Crippen molar-refractivity contribution in [2.75, 3.05) is 34.4 Å². The molecule has 0 aromatic heterocycles. The third kappa shape index (κ3) is 6.90. The van der Waals surface area contributed by atoms with Crippen LogP contribution in [0, 0.1) is 0 Å². The highest BCUT2D eigenvalue weighted by Crippen LogP contribution is 2.27. The van der Waals surface area contributed by atoms with Gasteiger partial charge in [0.1, 0.15) is 0 Å². The Morgan fingerprint density at radius 1 is 1.00 bits per heavy atom. The molecule has 1 aromatic carbocycles. The number of rotatable bonds is 7. The molecule has 0 saturated carbocycles. The Balaban J connectivity index is 0. The normalized spacial score (nSPS) is 9.53. The number of nitrogens with zero attached hydrogens (tertiary/aromatic N) is 1. The molecule has 112 valence electrons. The van der Waals surface area contributed by atoms with Gasteiger partial charge in [-0.15, -0.1) is 24.8 Å². The van der Waals surface area contributed by atoms with Gasteiger partial charge in [-0.2, -0.15) is 0 Å². The molecule has 0 saturated heterocycles. The van der Waals surface area contributed by atoms with Gasteiger partial charge in [-0.05, 0) is 44.1 Å². The van der Waals surface area contributed by atoms with Crippen LogP contribution in [-0.2, 0) is 6.42 Å². The Bertz CT molecular complexity index is 348. The Labute approximate surface area is 129 Å². The predicted octanol–water partition coefficient (Wildman–Crippen LogP) is 3.43. The summed E-state index contributed by atoms with van der Waals surface area (Å²) in [5, 5.41) is 0. The minimum atomic E-state index is 0. The van der Waals surface area contributed by atoms with Crippen molar-refractivity contribution in [3.63, 3.8) is 0 Å². The molecule has 0 N–H and O–H groups in total. The maximum Gasteiger partial charge on any atom is 0.160 e. The smallest absolute Gasteiger partial charge is 0.160 e. The van der Waals surface area contributed by atoms with Gasteiger partial charge in [0.25, 0.3) is 0 Å². The molecule has 0 aliphatic rings. The van der Waals surface area contributed by atoms with Gasteiger partial charge in [-0.25, -0.2) is 0 Å². The zero-order valence-corrected chi connectivity index (χ0v) is 13.8. The van der Waals surface area contributed by atoms with E-state index in [-0.39, 0.29) is 24.8 Å². The van der Waals surface area contributed by atoms with Gasteiger partial charge in [0.2, 0.25) is 0 Å². The third-order valence-corrected chi connectivity index (χ3v) is 2.84. The van der Waals surface area contributed by atoms with Crippen molar-refractivity contribution in [3.05, 3.63) is 23.8 Å². The van der Waals surface area contributed by atoms with Gasteiger partial charge in [0.05, 0.1) is 14.2 Å². The number of halogens is 2. The van der Waals surface area contributed by atoms with Gasteiger partial charge >= 0.3 is 0 Å². The van der Waals surface area contributed by atoms with Gasteiger partial charge in [-0.1, -0.05) is 13.0 Å². The molecule has 0 amide bonds. The molecule has 0 radical (unpaired) electrons. The van der Waals surface area contributed by atoms with Crippen molar-refractivity contribution in [2.45, 2.75) is 19.8 Å². The van der Waals surface area contributed by atoms with Crippen LogP contribution in [0.4, 0.5) is 0 Å². The molecule has 0 unspecified atom stereocenters. The second-order valence-corrected chi connectivity index (χ2v) is 4.24. The summed E-state index contributed by atoms with van der Waals surface area (Å²) >= 11 is 0. The van der Waals surface area contributed by atoms with E-state index in [1.807, 2.05) is 6.07 Å². The summed E-state index contributed by atoms with van der Waals surface area (Å²) in [7, 11) is 5.49. The highest BCUT2D eigenvalue weighted by Gasteiger charge is 2.05. The fourth-order valence-corrected chi connectivity index (χ4v) is 1.85. The summed E-state index contributed by atoms with van der Waals surface area (Å²) in [4.78, 5) is 2.34. The second kappa shape index (κ2) is 11.2. The highest BCUT2D eigenvalue weighted by atomic mass is 35.5. The van der Waals surface area contributed by atoms with Gasteiger partial charge in [-0.3, -0.25) is 0 Å². The monoisotopic (exact) mass is 309 g/mol. The molecule has 19 heavy (non-hydrogen) atoms. The molecule has 0 spiro atoms. The van der Waals surface area contributed by atoms with Crippen LogP contribution >= 0.6 is 24.8 Å². The maximum atomic E-state index is 5.29. The average molecular weight is 310 g/mol. The van der Waals surface area contributed by atoms with Crippen LogP contribution in [0.1, 0.15) is 18.9 Å². The third-order valence-electron chi connectivity index (χ3n) is 2.84. The van der Waals surface area contributed by atoms with Crippen molar-refractivity contribution in [2.24, 2.45) is 0 Å². The lowest BCUT2D eigenvalue weighted by molar-refractivity contribution is 0.337. The first-order valence-electron chi connectivity index (χ1n) is 6.10. The van der Waals surface area contributed by atoms with E-state index >= 15 is 0 Å². The Morgan fingerprint density at radius 3 is 2.16 bits per heavy atom. The molecule has 0 heterocycles. The van der Waals surface area contributed by atoms with Gasteiger partial charge in [0.15, 0.2) is 11.5 Å². The minimum absolute atomic E-state index is 0. The summed E-state index contributed by atoms with van der Waals surface area (Å²) in [5.41, 5.74) is 1.28. The summed E-state index contributed by atoms with van der Waals surface area (Å²) in [6.45, 7) is 4.42. The largest absolute Gasteiger partial charge is 0.493 e. The zero-order chi connectivity index (χ0) is 12.7. The topological polar surface area (TPSA) is 21.7 Å². The molecule has 1 rings (SSSR count). The van der Waals surface area contributed by atoms with E-state index in [0.29, 0.717) is 0 Å². The van der Waals surface area contributed by atoms with E-state index in [2.05, 4.69) is 31.0 Å². The summed E-state index contributed by atoms with van der Waals surface area (Å²) in [6.07, 6.45) is 2.24. The lowest BCUT2D eigenvalue weighted by Crippen LogP contribution is -2.21. The van der Waals surface area contributed by atoms with Crippen LogP contribution in [0.15, 0.2) is 18.2 Å². The molecule has 5 heteroatoms. The van der Waals surface area contributed by atoms with E-state index in [1.165, 1.54) is 12.0 Å². The molecule has 1 aromatic rings.